The number of piperazine rings is 1. The molecular weight excluding hydrogens is 509 g/mol. The van der Waals surface area contributed by atoms with E-state index in [1.165, 1.54) is 28.8 Å². The zero-order valence-corrected chi connectivity index (χ0v) is 22.5. The molecule has 192 valence electrons. The van der Waals surface area contributed by atoms with Gasteiger partial charge in [0.25, 0.3) is 11.5 Å². The van der Waals surface area contributed by atoms with Gasteiger partial charge in [-0.3, -0.25) is 19.1 Å². The highest BCUT2D eigenvalue weighted by atomic mass is 32.2. The van der Waals surface area contributed by atoms with Crippen molar-refractivity contribution in [3.8, 4) is 6.07 Å². The van der Waals surface area contributed by atoms with Gasteiger partial charge in [-0.05, 0) is 49.2 Å². The van der Waals surface area contributed by atoms with Crippen LogP contribution < -0.4 is 15.4 Å². The molecule has 0 aliphatic carbocycles. The predicted molar refractivity (Wildman–Crippen MR) is 151 cm³/mol. The maximum absolute atomic E-state index is 13.4. The van der Waals surface area contributed by atoms with Crippen molar-refractivity contribution >= 4 is 51.8 Å². The van der Waals surface area contributed by atoms with E-state index in [1.807, 2.05) is 6.92 Å². The van der Waals surface area contributed by atoms with Crippen LogP contribution in [0.15, 0.2) is 46.6 Å². The second-order valence-corrected chi connectivity index (χ2v) is 10.5. The Balaban J connectivity index is 1.78. The molecule has 2 fully saturated rings. The summed E-state index contributed by atoms with van der Waals surface area (Å²) in [6.45, 7) is 10.8. The Hall–Kier alpha value is -3.42. The summed E-state index contributed by atoms with van der Waals surface area (Å²) >= 11 is 6.61. The van der Waals surface area contributed by atoms with Gasteiger partial charge in [0.2, 0.25) is 0 Å². The fraction of sp³-hybridized carbons (Fsp3) is 0.333. The average Bonchev–Trinajstić information content (AvgIpc) is 3.15. The van der Waals surface area contributed by atoms with Crippen molar-refractivity contribution in [2.75, 3.05) is 42.5 Å². The van der Waals surface area contributed by atoms with Crippen molar-refractivity contribution in [3.05, 3.63) is 74.7 Å². The first kappa shape index (κ1) is 26.6. The van der Waals surface area contributed by atoms with Crippen LogP contribution in [0.2, 0.25) is 0 Å². The van der Waals surface area contributed by atoms with Crippen molar-refractivity contribution in [3.63, 3.8) is 0 Å². The fourth-order valence-electron chi connectivity index (χ4n) is 4.66. The molecule has 0 atom stereocenters. The minimum absolute atomic E-state index is 0.0787. The fourth-order valence-corrected chi connectivity index (χ4v) is 5.92. The number of anilines is 2. The van der Waals surface area contributed by atoms with Gasteiger partial charge in [-0.1, -0.05) is 37.0 Å². The molecule has 0 unspecified atom stereocenters. The van der Waals surface area contributed by atoms with Gasteiger partial charge >= 0.3 is 0 Å². The van der Waals surface area contributed by atoms with Crippen LogP contribution in [0.5, 0.6) is 0 Å². The third-order valence-electron chi connectivity index (χ3n) is 6.53. The topological polar surface area (TPSA) is 72.6 Å². The maximum Gasteiger partial charge on any atom is 0.270 e. The first-order valence-electron chi connectivity index (χ1n) is 12.1. The molecule has 1 aromatic carbocycles. The summed E-state index contributed by atoms with van der Waals surface area (Å²) in [4.78, 5) is 32.7. The molecule has 3 heterocycles. The molecule has 0 bridgehead atoms. The zero-order valence-electron chi connectivity index (χ0n) is 20.9. The molecule has 2 aliphatic heterocycles. The number of halogens is 1. The Bertz CT molecular complexity index is 1370. The van der Waals surface area contributed by atoms with Crippen molar-refractivity contribution in [1.29, 1.82) is 5.26 Å². The van der Waals surface area contributed by atoms with Crippen LogP contribution in [0.3, 0.4) is 0 Å². The van der Waals surface area contributed by atoms with Crippen molar-refractivity contribution in [2.45, 2.75) is 26.8 Å². The van der Waals surface area contributed by atoms with E-state index < -0.39 is 0 Å². The highest BCUT2D eigenvalue weighted by Gasteiger charge is 2.33. The summed E-state index contributed by atoms with van der Waals surface area (Å²) in [5, 5.41) is 9.82. The molecule has 1 amide bonds. The number of nitrogens with zero attached hydrogens (tertiary/aromatic N) is 5. The number of nitriles is 1. The molecule has 0 radical (unpaired) electrons. The van der Waals surface area contributed by atoms with Crippen molar-refractivity contribution in [1.82, 2.24) is 9.47 Å². The normalized spacial score (nSPS) is 17.0. The van der Waals surface area contributed by atoms with E-state index in [0.717, 1.165) is 5.69 Å². The van der Waals surface area contributed by atoms with E-state index in [1.54, 1.807) is 35.8 Å². The van der Waals surface area contributed by atoms with E-state index in [2.05, 4.69) is 22.4 Å². The molecule has 10 heteroatoms. The number of pyridine rings is 1. The Kier molecular flexibility index (Phi) is 8.15. The quantitative estimate of drug-likeness (QED) is 0.296. The number of aromatic nitrogens is 1. The Labute approximate surface area is 225 Å². The first-order valence-corrected chi connectivity index (χ1v) is 13.3. The number of carbonyl (C=O) groups excluding carboxylic acids is 1. The smallest absolute Gasteiger partial charge is 0.270 e. The third-order valence-corrected chi connectivity index (χ3v) is 7.90. The summed E-state index contributed by atoms with van der Waals surface area (Å²) < 4.78 is 15.5. The SMILES string of the molecule is C=CCN1C(=O)/C(=C\c2c(C)c(C#N)c(=O)n(CCC)c2N2CCN(c3ccc(F)cc3)CC2)SC1=S. The molecule has 0 spiro atoms. The molecule has 2 saturated heterocycles. The lowest BCUT2D eigenvalue weighted by Crippen LogP contribution is -2.48. The number of hydrogen-bond donors (Lipinski definition) is 0. The minimum atomic E-state index is -0.325. The van der Waals surface area contributed by atoms with Gasteiger partial charge in [0, 0.05) is 50.5 Å². The van der Waals surface area contributed by atoms with E-state index >= 15 is 0 Å². The Morgan fingerprint density at radius 1 is 1.16 bits per heavy atom. The molecular formula is C27H28FN5O2S2. The maximum atomic E-state index is 13.4. The molecule has 7 nitrogen and oxygen atoms in total. The molecule has 0 N–H and O–H groups in total. The summed E-state index contributed by atoms with van der Waals surface area (Å²) in [5.41, 5.74) is 1.92. The van der Waals surface area contributed by atoms with Crippen LogP contribution in [0, 0.1) is 24.1 Å². The molecule has 37 heavy (non-hydrogen) atoms. The zero-order chi connectivity index (χ0) is 26.7. The summed E-state index contributed by atoms with van der Waals surface area (Å²) in [6, 6.07) is 8.51. The van der Waals surface area contributed by atoms with Crippen LogP contribution in [0.4, 0.5) is 15.9 Å². The average molecular weight is 538 g/mol. The number of amides is 1. The standard InChI is InChI=1S/C27H28FN5O2S2/c1-4-10-32-24(31-14-12-30(13-15-31)20-8-6-19(28)7-9-20)21(18(3)22(17-29)25(32)34)16-23-26(35)33(11-5-2)27(36)37-23/h5-9,16H,2,4,10-15H2,1,3H3/b23-16+. The highest BCUT2D eigenvalue weighted by molar-refractivity contribution is 8.26. The summed E-state index contributed by atoms with van der Waals surface area (Å²) in [7, 11) is 0. The summed E-state index contributed by atoms with van der Waals surface area (Å²) in [5.74, 6) is 0.214. The molecule has 2 aromatic rings. The lowest BCUT2D eigenvalue weighted by Gasteiger charge is -2.39. The highest BCUT2D eigenvalue weighted by Crippen LogP contribution is 2.36. The first-order chi connectivity index (χ1) is 17.8. The number of thioether (sulfide) groups is 1. The lowest BCUT2D eigenvalue weighted by atomic mass is 10.0. The lowest BCUT2D eigenvalue weighted by molar-refractivity contribution is -0.121. The van der Waals surface area contributed by atoms with Crippen molar-refractivity contribution in [2.24, 2.45) is 0 Å². The van der Waals surface area contributed by atoms with Gasteiger partial charge in [-0.2, -0.15) is 5.26 Å². The summed E-state index contributed by atoms with van der Waals surface area (Å²) in [6.07, 6.45) is 4.10. The molecule has 0 saturated carbocycles. The van der Waals surface area contributed by atoms with Gasteiger partial charge in [0.1, 0.15) is 27.6 Å². The number of hydrogen-bond acceptors (Lipinski definition) is 7. The molecule has 2 aliphatic rings. The monoisotopic (exact) mass is 537 g/mol. The van der Waals surface area contributed by atoms with Crippen LogP contribution in [-0.4, -0.2) is 52.4 Å². The minimum Gasteiger partial charge on any atom is -0.368 e. The number of rotatable bonds is 7. The van der Waals surface area contributed by atoms with Gasteiger partial charge in [-0.15, -0.1) is 6.58 Å². The molecule has 4 rings (SSSR count). The van der Waals surface area contributed by atoms with Crippen LogP contribution in [0.25, 0.3) is 6.08 Å². The van der Waals surface area contributed by atoms with Gasteiger partial charge in [0.15, 0.2) is 0 Å². The molecule has 1 aromatic heterocycles. The van der Waals surface area contributed by atoms with Crippen LogP contribution in [0.1, 0.15) is 30.0 Å². The van der Waals surface area contributed by atoms with Crippen molar-refractivity contribution < 1.29 is 9.18 Å². The van der Waals surface area contributed by atoms with E-state index in [9.17, 15) is 19.2 Å². The van der Waals surface area contributed by atoms with Crippen LogP contribution >= 0.6 is 24.0 Å². The second-order valence-electron chi connectivity index (χ2n) is 8.84. The largest absolute Gasteiger partial charge is 0.368 e. The predicted octanol–water partition coefficient (Wildman–Crippen LogP) is 4.29. The van der Waals surface area contributed by atoms with E-state index in [4.69, 9.17) is 12.2 Å². The van der Waals surface area contributed by atoms with Gasteiger partial charge in [-0.25, -0.2) is 4.39 Å². The number of carbonyl (C=O) groups is 1. The Morgan fingerprint density at radius 3 is 2.41 bits per heavy atom. The van der Waals surface area contributed by atoms with E-state index in [-0.39, 0.29) is 22.8 Å². The Morgan fingerprint density at radius 2 is 1.81 bits per heavy atom. The second kappa shape index (κ2) is 11.3. The van der Waals surface area contributed by atoms with Gasteiger partial charge < -0.3 is 9.80 Å². The van der Waals surface area contributed by atoms with Gasteiger partial charge in [0.05, 0.1) is 4.91 Å². The number of thiocarbonyl (C=S) groups is 1. The number of benzene rings is 1. The third kappa shape index (κ3) is 5.20. The van der Waals surface area contributed by atoms with E-state index in [0.29, 0.717) is 71.9 Å². The van der Waals surface area contributed by atoms with Crippen LogP contribution in [-0.2, 0) is 11.3 Å².